The fourth-order valence-electron chi connectivity index (χ4n) is 2.60. The predicted octanol–water partition coefficient (Wildman–Crippen LogP) is 2.67. The molecule has 0 atom stereocenters. The molecule has 0 unspecified atom stereocenters. The highest BCUT2D eigenvalue weighted by Gasteiger charge is 2.33. The monoisotopic (exact) mass is 442 g/mol. The molecule has 1 aliphatic rings. The van der Waals surface area contributed by atoms with E-state index in [1.54, 1.807) is 6.08 Å². The molecule has 2 aromatic carbocycles. The summed E-state index contributed by atoms with van der Waals surface area (Å²) in [5.41, 5.74) is 1.81. The number of hydrogen-bond donors (Lipinski definition) is 2. The van der Waals surface area contributed by atoms with Crippen LogP contribution in [0.1, 0.15) is 11.1 Å². The third-order valence-corrected chi connectivity index (χ3v) is 5.39. The van der Waals surface area contributed by atoms with Crippen LogP contribution in [0.2, 0.25) is 0 Å². The number of amides is 2. The number of nitrogens with one attached hydrogen (secondary N) is 1. The number of carbonyl (C=O) groups is 3. The Kier molecular flexibility index (Phi) is 7.21. The van der Waals surface area contributed by atoms with Crippen molar-refractivity contribution < 1.29 is 24.2 Å². The lowest BCUT2D eigenvalue weighted by molar-refractivity contribution is -0.138. The van der Waals surface area contributed by atoms with E-state index in [0.29, 0.717) is 17.3 Å². The van der Waals surface area contributed by atoms with Crippen molar-refractivity contribution in [2.45, 2.75) is 6.61 Å². The second kappa shape index (κ2) is 10.0. The van der Waals surface area contributed by atoms with Gasteiger partial charge in [0.15, 0.2) is 0 Å². The number of hydrogen-bond acceptors (Lipinski definition) is 6. The fraction of sp³-hybridized carbons (Fsp3) is 0.143. The molecular formula is C21H18N2O5S2. The molecule has 2 aromatic rings. The lowest BCUT2D eigenvalue weighted by atomic mass is 10.2. The molecule has 9 heteroatoms. The topological polar surface area (TPSA) is 95.9 Å². The largest absolute Gasteiger partial charge is 0.489 e. The molecular weight excluding hydrogens is 424 g/mol. The van der Waals surface area contributed by atoms with Crippen molar-refractivity contribution in [3.63, 3.8) is 0 Å². The summed E-state index contributed by atoms with van der Waals surface area (Å²) >= 11 is 6.28. The lowest BCUT2D eigenvalue weighted by Gasteiger charge is -2.13. The molecule has 0 spiro atoms. The van der Waals surface area contributed by atoms with Gasteiger partial charge in [-0.1, -0.05) is 66.4 Å². The molecule has 0 aliphatic carbocycles. The SMILES string of the molecule is O=C(O)CNC(=O)CN1C(=O)/C(=C/c2cccc(OCc3ccccc3)c2)SC1=S. The van der Waals surface area contributed by atoms with Crippen molar-refractivity contribution in [2.24, 2.45) is 0 Å². The van der Waals surface area contributed by atoms with Gasteiger partial charge < -0.3 is 15.2 Å². The molecule has 1 fully saturated rings. The van der Waals surface area contributed by atoms with Crippen LogP contribution >= 0.6 is 24.0 Å². The molecule has 1 saturated heterocycles. The Morgan fingerprint density at radius 1 is 1.17 bits per heavy atom. The number of carbonyl (C=O) groups excluding carboxylic acids is 2. The maximum Gasteiger partial charge on any atom is 0.322 e. The zero-order valence-electron chi connectivity index (χ0n) is 15.7. The lowest BCUT2D eigenvalue weighted by Crippen LogP contribution is -2.41. The van der Waals surface area contributed by atoms with Crippen molar-refractivity contribution in [3.8, 4) is 5.75 Å². The van der Waals surface area contributed by atoms with E-state index in [9.17, 15) is 14.4 Å². The van der Waals surface area contributed by atoms with Crippen LogP contribution in [-0.2, 0) is 21.0 Å². The number of nitrogens with zero attached hydrogens (tertiary/aromatic N) is 1. The first-order valence-corrected chi connectivity index (χ1v) is 10.2. The van der Waals surface area contributed by atoms with E-state index < -0.39 is 24.3 Å². The van der Waals surface area contributed by atoms with Gasteiger partial charge in [0.1, 0.15) is 29.8 Å². The van der Waals surface area contributed by atoms with Crippen molar-refractivity contribution in [1.82, 2.24) is 10.2 Å². The van der Waals surface area contributed by atoms with Gasteiger partial charge in [-0.15, -0.1) is 0 Å². The van der Waals surface area contributed by atoms with Crippen molar-refractivity contribution in [3.05, 3.63) is 70.6 Å². The summed E-state index contributed by atoms with van der Waals surface area (Å²) in [6.45, 7) is -0.410. The molecule has 0 bridgehead atoms. The van der Waals surface area contributed by atoms with Crippen LogP contribution in [0.4, 0.5) is 0 Å². The second-order valence-corrected chi connectivity index (χ2v) is 7.96. The number of rotatable bonds is 8. The number of thiocarbonyl (C=S) groups is 1. The van der Waals surface area contributed by atoms with Gasteiger partial charge in [-0.2, -0.15) is 0 Å². The van der Waals surface area contributed by atoms with Crippen LogP contribution in [0.3, 0.4) is 0 Å². The molecule has 2 N–H and O–H groups in total. The molecule has 1 heterocycles. The highest BCUT2D eigenvalue weighted by Crippen LogP contribution is 2.32. The predicted molar refractivity (Wildman–Crippen MR) is 118 cm³/mol. The Morgan fingerprint density at radius 3 is 2.67 bits per heavy atom. The van der Waals surface area contributed by atoms with Crippen LogP contribution in [0.15, 0.2) is 59.5 Å². The fourth-order valence-corrected chi connectivity index (χ4v) is 3.85. The summed E-state index contributed by atoms with van der Waals surface area (Å²) < 4.78 is 6.05. The quantitative estimate of drug-likeness (QED) is 0.479. The first kappa shape index (κ1) is 21.5. The van der Waals surface area contributed by atoms with Crippen LogP contribution in [-0.4, -0.2) is 45.2 Å². The molecule has 0 saturated carbocycles. The van der Waals surface area contributed by atoms with E-state index in [0.717, 1.165) is 27.8 Å². The second-order valence-electron chi connectivity index (χ2n) is 6.29. The summed E-state index contributed by atoms with van der Waals surface area (Å²) in [7, 11) is 0. The van der Waals surface area contributed by atoms with Gasteiger partial charge in [0.25, 0.3) is 5.91 Å². The summed E-state index contributed by atoms with van der Waals surface area (Å²) in [5, 5.41) is 10.8. The summed E-state index contributed by atoms with van der Waals surface area (Å²) in [5.74, 6) is -1.49. The number of carboxylic acids is 1. The smallest absolute Gasteiger partial charge is 0.322 e. The Labute approximate surface area is 182 Å². The number of thioether (sulfide) groups is 1. The zero-order chi connectivity index (χ0) is 21.5. The highest BCUT2D eigenvalue weighted by molar-refractivity contribution is 8.26. The van der Waals surface area contributed by atoms with E-state index in [4.69, 9.17) is 22.1 Å². The zero-order valence-corrected chi connectivity index (χ0v) is 17.4. The van der Waals surface area contributed by atoms with Crippen molar-refractivity contribution >= 4 is 52.2 Å². The molecule has 154 valence electrons. The van der Waals surface area contributed by atoms with Gasteiger partial charge >= 0.3 is 5.97 Å². The minimum absolute atomic E-state index is 0.244. The van der Waals surface area contributed by atoms with Gasteiger partial charge in [-0.05, 0) is 29.3 Å². The van der Waals surface area contributed by atoms with Gasteiger partial charge in [-0.25, -0.2) is 0 Å². The van der Waals surface area contributed by atoms with Crippen LogP contribution < -0.4 is 10.1 Å². The number of carboxylic acid groups (broad SMARTS) is 1. The third kappa shape index (κ3) is 5.91. The van der Waals surface area contributed by atoms with Crippen LogP contribution in [0, 0.1) is 0 Å². The van der Waals surface area contributed by atoms with Gasteiger partial charge in [0, 0.05) is 0 Å². The highest BCUT2D eigenvalue weighted by atomic mass is 32.2. The number of aliphatic carboxylic acids is 1. The molecule has 30 heavy (non-hydrogen) atoms. The summed E-state index contributed by atoms with van der Waals surface area (Å²) in [4.78, 5) is 36.5. The van der Waals surface area contributed by atoms with Crippen LogP contribution in [0.25, 0.3) is 6.08 Å². The maximum atomic E-state index is 12.6. The molecule has 0 aromatic heterocycles. The Hall–Kier alpha value is -3.17. The minimum Gasteiger partial charge on any atom is -0.489 e. The standard InChI is InChI=1S/C21H18N2O5S2/c24-18(22-11-19(25)26)12-23-20(27)17(30-21(23)29)10-15-7-4-8-16(9-15)28-13-14-5-2-1-3-6-14/h1-10H,11-13H2,(H,22,24)(H,25,26)/b17-10-. The van der Waals surface area contributed by atoms with E-state index in [-0.39, 0.29) is 10.9 Å². The Morgan fingerprint density at radius 2 is 1.93 bits per heavy atom. The summed E-state index contributed by atoms with van der Waals surface area (Å²) in [6.07, 6.45) is 1.68. The van der Waals surface area contributed by atoms with Gasteiger partial charge in [0.2, 0.25) is 5.91 Å². The molecule has 2 amide bonds. The van der Waals surface area contributed by atoms with Crippen molar-refractivity contribution in [2.75, 3.05) is 13.1 Å². The first-order chi connectivity index (χ1) is 14.4. The summed E-state index contributed by atoms with van der Waals surface area (Å²) in [6, 6.07) is 17.1. The van der Waals surface area contributed by atoms with Crippen LogP contribution in [0.5, 0.6) is 5.75 Å². The van der Waals surface area contributed by atoms with E-state index in [2.05, 4.69) is 5.32 Å². The molecule has 1 aliphatic heterocycles. The average Bonchev–Trinajstić information content (AvgIpc) is 2.99. The van der Waals surface area contributed by atoms with Gasteiger partial charge in [-0.3, -0.25) is 19.3 Å². The average molecular weight is 443 g/mol. The number of benzene rings is 2. The normalized spacial score (nSPS) is 14.8. The minimum atomic E-state index is -1.16. The Bertz CT molecular complexity index is 1010. The molecule has 3 rings (SSSR count). The maximum absolute atomic E-state index is 12.6. The third-order valence-electron chi connectivity index (χ3n) is 4.02. The molecule has 0 radical (unpaired) electrons. The van der Waals surface area contributed by atoms with Gasteiger partial charge in [0.05, 0.1) is 4.91 Å². The van der Waals surface area contributed by atoms with E-state index in [1.165, 1.54) is 0 Å². The van der Waals surface area contributed by atoms with Crippen molar-refractivity contribution in [1.29, 1.82) is 0 Å². The number of ether oxygens (including phenoxy) is 1. The van der Waals surface area contributed by atoms with E-state index >= 15 is 0 Å². The Balaban J connectivity index is 1.65. The van der Waals surface area contributed by atoms with E-state index in [1.807, 2.05) is 54.6 Å². The first-order valence-electron chi connectivity index (χ1n) is 8.93. The molecule has 7 nitrogen and oxygen atoms in total.